The summed E-state index contributed by atoms with van der Waals surface area (Å²) < 4.78 is 36.4. The molecule has 0 aliphatic rings. The molecular formula is C6H3ClF3NO. The van der Waals surface area contributed by atoms with E-state index in [0.29, 0.717) is 6.20 Å². The number of rotatable bonds is 1. The van der Waals surface area contributed by atoms with Crippen molar-refractivity contribution in [2.75, 3.05) is 0 Å². The first-order valence-electron chi connectivity index (χ1n) is 2.88. The van der Waals surface area contributed by atoms with Gasteiger partial charge in [-0.2, -0.15) is 4.39 Å². The second-order valence-corrected chi connectivity index (χ2v) is 2.38. The molecular weight excluding hydrogens is 195 g/mol. The second-order valence-electron chi connectivity index (χ2n) is 2.00. The molecule has 0 bridgehead atoms. The highest BCUT2D eigenvalue weighted by Crippen LogP contribution is 2.16. The second kappa shape index (κ2) is 3.18. The highest BCUT2D eigenvalue weighted by atomic mass is 35.5. The summed E-state index contributed by atoms with van der Waals surface area (Å²) in [5, 5.41) is -0.565. The fourth-order valence-corrected chi connectivity index (χ4v) is 0.799. The van der Waals surface area contributed by atoms with Crippen molar-refractivity contribution in [3.63, 3.8) is 0 Å². The molecule has 0 radical (unpaired) electrons. The van der Waals surface area contributed by atoms with E-state index in [2.05, 4.69) is 0 Å². The topological polar surface area (TPSA) is 32.9 Å². The molecule has 1 aromatic heterocycles. The number of alkyl halides is 2. The van der Waals surface area contributed by atoms with Crippen LogP contribution in [0.2, 0.25) is 5.15 Å². The third kappa shape index (κ3) is 1.45. The quantitative estimate of drug-likeness (QED) is 0.687. The minimum atomic E-state index is -3.00. The van der Waals surface area contributed by atoms with Crippen LogP contribution in [-0.2, 0) is 0 Å². The fraction of sp³-hybridized carbons (Fsp3) is 0.167. The largest absolute Gasteiger partial charge is 0.349 e. The van der Waals surface area contributed by atoms with Crippen molar-refractivity contribution in [3.8, 4) is 0 Å². The van der Waals surface area contributed by atoms with Crippen LogP contribution >= 0.6 is 11.6 Å². The number of hydrogen-bond acceptors (Lipinski definition) is 1. The molecule has 0 fully saturated rings. The molecule has 1 aromatic rings. The summed E-state index contributed by atoms with van der Waals surface area (Å²) in [6, 6.07) is 0. The smallest absolute Gasteiger partial charge is 0.269 e. The van der Waals surface area contributed by atoms with Crippen LogP contribution in [0.5, 0.6) is 0 Å². The third-order valence-electron chi connectivity index (χ3n) is 1.24. The predicted octanol–water partition coefficient (Wildman–Crippen LogP) is 2.10. The van der Waals surface area contributed by atoms with E-state index in [1.807, 2.05) is 4.98 Å². The number of halogens is 4. The molecule has 1 rings (SSSR count). The predicted molar refractivity (Wildman–Crippen MR) is 37.0 cm³/mol. The van der Waals surface area contributed by atoms with Crippen molar-refractivity contribution < 1.29 is 13.2 Å². The maximum Gasteiger partial charge on any atom is 0.269 e. The fourth-order valence-electron chi connectivity index (χ4n) is 0.659. The summed E-state index contributed by atoms with van der Waals surface area (Å²) in [7, 11) is 0. The highest BCUT2D eigenvalue weighted by Gasteiger charge is 2.16. The molecule has 0 spiro atoms. The molecule has 0 amide bonds. The van der Waals surface area contributed by atoms with Gasteiger partial charge in [0.1, 0.15) is 5.15 Å². The molecule has 0 aliphatic heterocycles. The van der Waals surface area contributed by atoms with Crippen LogP contribution in [0.4, 0.5) is 13.2 Å². The van der Waals surface area contributed by atoms with Gasteiger partial charge in [-0.3, -0.25) is 4.79 Å². The Morgan fingerprint density at radius 1 is 1.50 bits per heavy atom. The van der Waals surface area contributed by atoms with E-state index in [1.165, 1.54) is 0 Å². The standard InChI is InChI=1S/C6H3ClF3NO/c7-5-3(8)4(12)2(1-11-5)6(9)10/h1,6H,(H,11,12). The summed E-state index contributed by atoms with van der Waals surface area (Å²) in [4.78, 5) is 12.7. The number of H-pyrrole nitrogens is 1. The Labute approximate surface area is 70.0 Å². The first-order chi connectivity index (χ1) is 5.54. The number of hydrogen-bond donors (Lipinski definition) is 1. The van der Waals surface area contributed by atoms with Gasteiger partial charge in [0.2, 0.25) is 11.2 Å². The van der Waals surface area contributed by atoms with Crippen molar-refractivity contribution in [1.82, 2.24) is 4.98 Å². The van der Waals surface area contributed by atoms with Gasteiger partial charge in [-0.05, 0) is 0 Å². The molecule has 0 aromatic carbocycles. The van der Waals surface area contributed by atoms with Gasteiger partial charge in [-0.15, -0.1) is 0 Å². The van der Waals surface area contributed by atoms with E-state index in [-0.39, 0.29) is 0 Å². The normalized spacial score (nSPS) is 10.8. The van der Waals surface area contributed by atoms with Crippen molar-refractivity contribution in [3.05, 3.63) is 33.0 Å². The van der Waals surface area contributed by atoms with Crippen LogP contribution in [0, 0.1) is 5.82 Å². The molecule has 0 atom stereocenters. The van der Waals surface area contributed by atoms with E-state index >= 15 is 0 Å². The summed E-state index contributed by atoms with van der Waals surface area (Å²) >= 11 is 5.12. The van der Waals surface area contributed by atoms with Crippen LogP contribution in [-0.4, -0.2) is 4.98 Å². The molecule has 0 unspecified atom stereocenters. The Kier molecular flexibility index (Phi) is 2.42. The SMILES string of the molecule is O=c1c(C(F)F)c[nH]c(Cl)c1F. The molecule has 0 aliphatic carbocycles. The Morgan fingerprint density at radius 2 is 2.08 bits per heavy atom. The van der Waals surface area contributed by atoms with Crippen LogP contribution in [0.1, 0.15) is 12.0 Å². The average Bonchev–Trinajstić information content (AvgIpc) is 2.00. The van der Waals surface area contributed by atoms with Crippen LogP contribution < -0.4 is 5.43 Å². The third-order valence-corrected chi connectivity index (χ3v) is 1.52. The Hall–Kier alpha value is -0.970. The first kappa shape index (κ1) is 9.12. The Bertz CT molecular complexity index is 349. The molecule has 6 heteroatoms. The van der Waals surface area contributed by atoms with Gasteiger partial charge < -0.3 is 4.98 Å². The zero-order chi connectivity index (χ0) is 9.30. The van der Waals surface area contributed by atoms with Crippen molar-refractivity contribution in [1.29, 1.82) is 0 Å². The van der Waals surface area contributed by atoms with Gasteiger partial charge in [0.15, 0.2) is 0 Å². The first-order valence-corrected chi connectivity index (χ1v) is 3.26. The minimum absolute atomic E-state index is 0.565. The lowest BCUT2D eigenvalue weighted by Crippen LogP contribution is -2.14. The van der Waals surface area contributed by atoms with Crippen LogP contribution in [0.15, 0.2) is 11.0 Å². The lowest BCUT2D eigenvalue weighted by Gasteiger charge is -1.98. The molecule has 0 saturated carbocycles. The molecule has 1 heterocycles. The zero-order valence-electron chi connectivity index (χ0n) is 5.57. The van der Waals surface area contributed by atoms with Gasteiger partial charge in [-0.1, -0.05) is 11.6 Å². The average molecular weight is 198 g/mol. The monoisotopic (exact) mass is 197 g/mol. The number of aromatic amines is 1. The minimum Gasteiger partial charge on any atom is -0.349 e. The van der Waals surface area contributed by atoms with E-state index in [1.54, 1.807) is 0 Å². The van der Waals surface area contributed by atoms with Crippen LogP contribution in [0.3, 0.4) is 0 Å². The van der Waals surface area contributed by atoms with Gasteiger partial charge in [0.25, 0.3) is 6.43 Å². The van der Waals surface area contributed by atoms with Crippen LogP contribution in [0.25, 0.3) is 0 Å². The van der Waals surface area contributed by atoms with E-state index in [0.717, 1.165) is 0 Å². The molecule has 1 N–H and O–H groups in total. The Morgan fingerprint density at radius 3 is 2.58 bits per heavy atom. The molecule has 66 valence electrons. The summed E-state index contributed by atoms with van der Waals surface area (Å²) in [6.45, 7) is 0. The van der Waals surface area contributed by atoms with E-state index in [9.17, 15) is 18.0 Å². The number of aromatic nitrogens is 1. The van der Waals surface area contributed by atoms with E-state index in [4.69, 9.17) is 11.6 Å². The number of nitrogens with one attached hydrogen (secondary N) is 1. The zero-order valence-corrected chi connectivity index (χ0v) is 6.33. The van der Waals surface area contributed by atoms with Crippen molar-refractivity contribution >= 4 is 11.6 Å². The highest BCUT2D eigenvalue weighted by molar-refractivity contribution is 6.29. The summed E-state index contributed by atoms with van der Waals surface area (Å²) in [5.41, 5.74) is -2.29. The maximum absolute atomic E-state index is 12.5. The molecule has 2 nitrogen and oxygen atoms in total. The van der Waals surface area contributed by atoms with Crippen molar-refractivity contribution in [2.45, 2.75) is 6.43 Å². The lowest BCUT2D eigenvalue weighted by atomic mass is 10.3. The summed E-state index contributed by atoms with van der Waals surface area (Å²) in [5.74, 6) is -1.38. The van der Waals surface area contributed by atoms with Gasteiger partial charge in [0, 0.05) is 6.20 Å². The summed E-state index contributed by atoms with van der Waals surface area (Å²) in [6.07, 6.45) is -2.31. The lowest BCUT2D eigenvalue weighted by molar-refractivity contribution is 0.149. The van der Waals surface area contributed by atoms with Gasteiger partial charge in [0.05, 0.1) is 5.56 Å². The molecule has 0 saturated heterocycles. The van der Waals surface area contributed by atoms with E-state index < -0.39 is 28.4 Å². The number of pyridine rings is 1. The maximum atomic E-state index is 12.5. The molecule has 12 heavy (non-hydrogen) atoms. The van der Waals surface area contributed by atoms with Gasteiger partial charge in [-0.25, -0.2) is 8.78 Å². The Balaban J connectivity index is 3.37. The van der Waals surface area contributed by atoms with Gasteiger partial charge >= 0.3 is 0 Å². The van der Waals surface area contributed by atoms with Crippen molar-refractivity contribution in [2.24, 2.45) is 0 Å².